The molecule has 19 nitrogen and oxygen atoms in total. The maximum atomic E-state index is 15.3. The molecule has 4 saturated heterocycles. The first-order chi connectivity index (χ1) is 33.2. The lowest BCUT2D eigenvalue weighted by Gasteiger charge is -2.40. The van der Waals surface area contributed by atoms with E-state index < -0.39 is 23.6 Å². The number of likely N-dealkylation sites (tertiary alicyclic amines) is 2. The van der Waals surface area contributed by atoms with Gasteiger partial charge < -0.3 is 30.1 Å². The van der Waals surface area contributed by atoms with Crippen molar-refractivity contribution in [3.8, 4) is 28.5 Å². The van der Waals surface area contributed by atoms with Crippen LogP contribution in [0.15, 0.2) is 35.4 Å². The number of carbonyl (C=O) groups is 3. The second-order valence-corrected chi connectivity index (χ2v) is 20.3. The topological polar surface area (TPSA) is 219 Å². The van der Waals surface area contributed by atoms with E-state index in [0.29, 0.717) is 96.5 Å². The first-order valence-corrected chi connectivity index (χ1v) is 24.3. The minimum Gasteiger partial charge on any atom is -0.490 e. The summed E-state index contributed by atoms with van der Waals surface area (Å²) in [5.41, 5.74) is 8.44. The van der Waals surface area contributed by atoms with Gasteiger partial charge in [-0.25, -0.2) is 33.4 Å². The largest absolute Gasteiger partial charge is 0.490 e. The number of hydrogen-bond donors (Lipinski definition) is 3. The number of piperazine rings is 1. The zero-order chi connectivity index (χ0) is 48.0. The third-order valence-electron chi connectivity index (χ3n) is 14.2. The molecule has 1 aliphatic carbocycles. The smallest absolute Gasteiger partial charge is 0.249 e. The molecule has 8 heterocycles. The average molecular weight is 951 g/mol. The molecule has 1 saturated carbocycles. The van der Waals surface area contributed by atoms with Crippen LogP contribution in [-0.2, 0) is 19.9 Å². The number of halogens is 2. The zero-order valence-electron chi connectivity index (χ0n) is 39.4. The molecule has 4 aromatic heterocycles. The highest BCUT2D eigenvalue weighted by atomic mass is 19.1. The van der Waals surface area contributed by atoms with E-state index in [1.54, 1.807) is 17.3 Å². The molecule has 1 unspecified atom stereocenters. The molecule has 69 heavy (non-hydrogen) atoms. The van der Waals surface area contributed by atoms with Gasteiger partial charge in [-0.05, 0) is 103 Å². The van der Waals surface area contributed by atoms with Crippen molar-refractivity contribution < 1.29 is 32.4 Å². The molecule has 5 fully saturated rings. The Hall–Kier alpha value is -6.35. The van der Waals surface area contributed by atoms with Crippen LogP contribution in [0.4, 0.5) is 26.0 Å². The van der Waals surface area contributed by atoms with Crippen molar-refractivity contribution in [1.82, 2.24) is 54.9 Å². The lowest BCUT2D eigenvalue weighted by molar-refractivity contribution is -0.135. The van der Waals surface area contributed by atoms with Gasteiger partial charge in [-0.3, -0.25) is 29.5 Å². The Morgan fingerprint density at radius 3 is 2.23 bits per heavy atom. The first-order valence-electron chi connectivity index (χ1n) is 24.3. The van der Waals surface area contributed by atoms with Crippen molar-refractivity contribution >= 4 is 45.9 Å². The van der Waals surface area contributed by atoms with Gasteiger partial charge in [0.2, 0.25) is 17.7 Å². The number of carbonyl (C=O) groups excluding carboxylic acids is 3. The minimum absolute atomic E-state index is 0.0640. The molecule has 0 bridgehead atoms. The van der Waals surface area contributed by atoms with Crippen molar-refractivity contribution in [3.63, 3.8) is 0 Å². The van der Waals surface area contributed by atoms with Gasteiger partial charge >= 0.3 is 0 Å². The normalized spacial score (nSPS) is 20.4. The Morgan fingerprint density at radius 1 is 0.870 bits per heavy atom. The van der Waals surface area contributed by atoms with Crippen LogP contribution in [0.3, 0.4) is 0 Å². The van der Waals surface area contributed by atoms with Gasteiger partial charge in [0.15, 0.2) is 34.6 Å². The number of amides is 3. The number of nitrogens with one attached hydrogen (secondary N) is 2. The molecule has 4 N–H and O–H groups in total. The van der Waals surface area contributed by atoms with E-state index >= 15 is 8.78 Å². The van der Waals surface area contributed by atoms with Crippen LogP contribution in [0.5, 0.6) is 5.75 Å². The summed E-state index contributed by atoms with van der Waals surface area (Å²) in [4.78, 5) is 63.6. The summed E-state index contributed by atoms with van der Waals surface area (Å²) in [6.45, 7) is 13.4. The number of nitrogens with zero attached hydrogens (tertiary/aromatic N) is 11. The van der Waals surface area contributed by atoms with E-state index in [1.807, 2.05) is 30.4 Å². The maximum Gasteiger partial charge on any atom is 0.249 e. The molecule has 3 amide bonds. The fraction of sp³-hybridized carbons (Fsp3) is 0.562. The number of benzene rings is 1. The van der Waals surface area contributed by atoms with Gasteiger partial charge in [-0.1, -0.05) is 5.16 Å². The molecule has 5 aromatic rings. The molecule has 5 aliphatic rings. The summed E-state index contributed by atoms with van der Waals surface area (Å²) in [7, 11) is 0. The van der Waals surface area contributed by atoms with Crippen molar-refractivity contribution in [2.24, 2.45) is 11.8 Å². The number of rotatable bonds is 13. The molecule has 10 rings (SSSR count). The van der Waals surface area contributed by atoms with Gasteiger partial charge in [0.05, 0.1) is 42.0 Å². The summed E-state index contributed by atoms with van der Waals surface area (Å²) in [6.07, 6.45) is 10.9. The van der Waals surface area contributed by atoms with Crippen molar-refractivity contribution in [2.75, 3.05) is 88.0 Å². The third kappa shape index (κ3) is 10.1. The summed E-state index contributed by atoms with van der Waals surface area (Å²) in [6, 6.07) is 1.69. The number of imide groups is 1. The Morgan fingerprint density at radius 2 is 1.57 bits per heavy atom. The van der Waals surface area contributed by atoms with Crippen molar-refractivity contribution in [2.45, 2.75) is 89.6 Å². The van der Waals surface area contributed by atoms with E-state index in [1.165, 1.54) is 18.5 Å². The highest BCUT2D eigenvalue weighted by molar-refractivity contribution is 6.02. The van der Waals surface area contributed by atoms with Crippen LogP contribution >= 0.6 is 0 Å². The highest BCUT2D eigenvalue weighted by Crippen LogP contribution is 2.48. The maximum absolute atomic E-state index is 15.3. The van der Waals surface area contributed by atoms with Crippen LogP contribution in [0.2, 0.25) is 0 Å². The van der Waals surface area contributed by atoms with Gasteiger partial charge in [-0.15, -0.1) is 0 Å². The zero-order valence-corrected chi connectivity index (χ0v) is 39.4. The van der Waals surface area contributed by atoms with Gasteiger partial charge in [0.25, 0.3) is 0 Å². The van der Waals surface area contributed by atoms with Gasteiger partial charge in [-0.2, -0.15) is 5.10 Å². The SMILES string of the molecule is CC(C)(C)n1nc(-c2noc(C3CC3)c2-c2ncc(OCC3CCN(CC(=O)N4CCC(CN5CCN(c6c(F)cc(NC7CCC(=O)NC7=O)cc6F)CC5)CC4)CC3)cn2)c2c(N)ncnc21. The number of ether oxygens (including phenoxy) is 1. The molecular weight excluding hydrogens is 891 g/mol. The molecule has 21 heteroatoms. The van der Waals surface area contributed by atoms with E-state index in [-0.39, 0.29) is 47.5 Å². The number of piperidine rings is 3. The molecule has 4 aliphatic heterocycles. The van der Waals surface area contributed by atoms with E-state index in [2.05, 4.69) is 35.6 Å². The molecule has 366 valence electrons. The summed E-state index contributed by atoms with van der Waals surface area (Å²) in [5.74, 6) is 1.03. The van der Waals surface area contributed by atoms with E-state index in [0.717, 1.165) is 77.0 Å². The Bertz CT molecular complexity index is 2670. The van der Waals surface area contributed by atoms with Crippen LogP contribution in [0, 0.1) is 23.5 Å². The van der Waals surface area contributed by atoms with Crippen LogP contribution in [-0.4, -0.2) is 145 Å². The Kier molecular flexibility index (Phi) is 12.9. The predicted molar refractivity (Wildman–Crippen MR) is 252 cm³/mol. The predicted octanol–water partition coefficient (Wildman–Crippen LogP) is 4.80. The monoisotopic (exact) mass is 950 g/mol. The quantitative estimate of drug-likeness (QED) is 0.135. The van der Waals surface area contributed by atoms with Gasteiger partial charge in [0.1, 0.15) is 35.3 Å². The number of hydrogen-bond acceptors (Lipinski definition) is 16. The standard InChI is InChI=1S/C48H60F2N14O5/c1-48(2,3)64-46-39(44(51)54-27-55-46)40(58-64)41-38(43(69-59-41)30-4-5-30)45-52-22-32(23-53-45)68-26-29-8-12-60(13-9-29)25-37(66)62-14-10-28(11-15-62)24-61-16-18-63(19-17-61)42-33(49)20-31(21-34(42)50)56-35-6-7-36(65)57-47(35)67/h20-23,27-30,35,56H,4-19,24-26H2,1-3H3,(H2,51,54,55)(H,57,65,67). The number of nitrogens with two attached hydrogens (primary N) is 1. The average Bonchev–Trinajstić information content (AvgIpc) is 3.95. The van der Waals surface area contributed by atoms with Gasteiger partial charge in [0, 0.05) is 63.8 Å². The number of anilines is 3. The summed E-state index contributed by atoms with van der Waals surface area (Å²) < 4.78 is 44.5. The number of aromatic nitrogens is 7. The highest BCUT2D eigenvalue weighted by Gasteiger charge is 2.37. The van der Waals surface area contributed by atoms with Crippen molar-refractivity contribution in [3.05, 3.63) is 48.2 Å². The Balaban J connectivity index is 0.655. The lowest BCUT2D eigenvalue weighted by atomic mass is 9.95. The van der Waals surface area contributed by atoms with E-state index in [9.17, 15) is 14.4 Å². The minimum atomic E-state index is -0.728. The van der Waals surface area contributed by atoms with Crippen LogP contribution < -0.4 is 26.0 Å². The van der Waals surface area contributed by atoms with Crippen LogP contribution in [0.1, 0.15) is 83.8 Å². The van der Waals surface area contributed by atoms with Crippen LogP contribution in [0.25, 0.3) is 33.8 Å². The molecule has 0 spiro atoms. The Labute approximate surface area is 398 Å². The summed E-state index contributed by atoms with van der Waals surface area (Å²) in [5, 5.41) is 15.1. The number of nitrogen functional groups attached to an aromatic ring is 1. The molecule has 0 radical (unpaired) electrons. The molecular formula is C48H60F2N14O5. The van der Waals surface area contributed by atoms with Crippen molar-refractivity contribution in [1.29, 1.82) is 0 Å². The summed E-state index contributed by atoms with van der Waals surface area (Å²) >= 11 is 0. The molecule has 1 aromatic carbocycles. The number of fused-ring (bicyclic) bond motifs is 1. The second-order valence-electron chi connectivity index (χ2n) is 20.3. The fourth-order valence-electron chi connectivity index (χ4n) is 10.1. The van der Waals surface area contributed by atoms with E-state index in [4.69, 9.17) is 30.1 Å². The third-order valence-corrected chi connectivity index (χ3v) is 14.2. The fourth-order valence-corrected chi connectivity index (χ4v) is 10.1. The second kappa shape index (κ2) is 19.2. The first kappa shape index (κ1) is 46.4. The molecule has 1 atom stereocenters. The lowest BCUT2D eigenvalue weighted by Crippen LogP contribution is -2.50.